The van der Waals surface area contributed by atoms with Crippen LogP contribution in [-0.4, -0.2) is 45.6 Å². The van der Waals surface area contributed by atoms with E-state index in [9.17, 15) is 4.79 Å². The van der Waals surface area contributed by atoms with Crippen LogP contribution < -0.4 is 10.6 Å². The highest BCUT2D eigenvalue weighted by molar-refractivity contribution is 9.10. The van der Waals surface area contributed by atoms with Gasteiger partial charge in [0.15, 0.2) is 5.65 Å². The van der Waals surface area contributed by atoms with E-state index in [1.165, 1.54) is 17.3 Å². The van der Waals surface area contributed by atoms with Crippen LogP contribution in [0.15, 0.2) is 41.0 Å². The number of fused-ring (bicyclic) bond motifs is 1. The van der Waals surface area contributed by atoms with Gasteiger partial charge in [-0.15, -0.1) is 0 Å². The molecular formula is C20H24BrN5OS. The van der Waals surface area contributed by atoms with Crippen LogP contribution in [0.2, 0.25) is 0 Å². The van der Waals surface area contributed by atoms with Crippen LogP contribution in [0, 0.1) is 6.92 Å². The molecule has 0 unspecified atom stereocenters. The van der Waals surface area contributed by atoms with Crippen molar-refractivity contribution in [1.29, 1.82) is 0 Å². The zero-order chi connectivity index (χ0) is 19.9. The quantitative estimate of drug-likeness (QED) is 0.468. The third kappa shape index (κ3) is 5.05. The number of anilines is 1. The van der Waals surface area contributed by atoms with Gasteiger partial charge >= 0.3 is 0 Å². The molecule has 148 valence electrons. The van der Waals surface area contributed by atoms with Gasteiger partial charge in [0.05, 0.1) is 22.1 Å². The normalized spacial score (nSPS) is 11.0. The summed E-state index contributed by atoms with van der Waals surface area (Å²) in [6.07, 6.45) is 5.56. The predicted molar refractivity (Wildman–Crippen MR) is 120 cm³/mol. The molecule has 0 aliphatic heterocycles. The molecule has 0 bridgehead atoms. The first kappa shape index (κ1) is 20.7. The lowest BCUT2D eigenvalue weighted by Gasteiger charge is -2.12. The van der Waals surface area contributed by atoms with E-state index in [-0.39, 0.29) is 5.91 Å². The number of hydrogen-bond donors (Lipinski definition) is 2. The molecule has 8 heteroatoms. The summed E-state index contributed by atoms with van der Waals surface area (Å²) in [5.41, 5.74) is 3.99. The number of rotatable bonds is 9. The van der Waals surface area contributed by atoms with Crippen molar-refractivity contribution in [1.82, 2.24) is 19.9 Å². The number of thioether (sulfide) groups is 1. The monoisotopic (exact) mass is 461 g/mol. The summed E-state index contributed by atoms with van der Waals surface area (Å²) in [5.74, 6) is 1.52. The molecule has 28 heavy (non-hydrogen) atoms. The summed E-state index contributed by atoms with van der Waals surface area (Å²) in [4.78, 5) is 16.3. The molecule has 2 N–H and O–H groups in total. The summed E-state index contributed by atoms with van der Waals surface area (Å²) >= 11 is 5.07. The van der Waals surface area contributed by atoms with Gasteiger partial charge in [0, 0.05) is 24.7 Å². The third-order valence-corrected chi connectivity index (χ3v) is 5.47. The van der Waals surface area contributed by atoms with Gasteiger partial charge in [-0.25, -0.2) is 4.98 Å². The molecule has 0 radical (unpaired) electrons. The van der Waals surface area contributed by atoms with Crippen molar-refractivity contribution < 1.29 is 4.79 Å². The Labute approximate surface area is 177 Å². The lowest BCUT2D eigenvalue weighted by atomic mass is 10.1. The Balaban J connectivity index is 1.69. The topological polar surface area (TPSA) is 71.3 Å². The van der Waals surface area contributed by atoms with Gasteiger partial charge < -0.3 is 10.6 Å². The molecule has 0 aliphatic rings. The van der Waals surface area contributed by atoms with Gasteiger partial charge in [0.2, 0.25) is 5.91 Å². The average molecular weight is 462 g/mol. The highest BCUT2D eigenvalue weighted by Gasteiger charge is 2.12. The third-order valence-electron chi connectivity index (χ3n) is 4.36. The van der Waals surface area contributed by atoms with Crippen LogP contribution in [0.5, 0.6) is 0 Å². The smallest absolute Gasteiger partial charge is 0.229 e. The number of amides is 1. The van der Waals surface area contributed by atoms with Gasteiger partial charge in [-0.05, 0) is 47.5 Å². The van der Waals surface area contributed by atoms with Gasteiger partial charge in [-0.1, -0.05) is 24.3 Å². The summed E-state index contributed by atoms with van der Waals surface area (Å²) in [6, 6.07) is 10.3. The maximum absolute atomic E-state index is 11.5. The molecule has 2 aromatic heterocycles. The van der Waals surface area contributed by atoms with Crippen molar-refractivity contribution in [3.05, 3.63) is 46.6 Å². The van der Waals surface area contributed by atoms with E-state index >= 15 is 0 Å². The molecule has 1 aromatic carbocycles. The van der Waals surface area contributed by atoms with E-state index in [1.54, 1.807) is 6.20 Å². The fraction of sp³-hybridized carbons (Fsp3) is 0.350. The second-order valence-electron chi connectivity index (χ2n) is 6.49. The van der Waals surface area contributed by atoms with Crippen LogP contribution >= 0.6 is 27.7 Å². The number of carbonyl (C=O) groups is 1. The van der Waals surface area contributed by atoms with Crippen LogP contribution in [0.25, 0.3) is 16.9 Å². The van der Waals surface area contributed by atoms with Crippen LogP contribution in [-0.2, 0) is 4.79 Å². The molecule has 1 amide bonds. The number of aryl methyl sites for hydroxylation is 1. The van der Waals surface area contributed by atoms with Crippen molar-refractivity contribution in [3.63, 3.8) is 0 Å². The molecule has 0 fully saturated rings. The van der Waals surface area contributed by atoms with Crippen LogP contribution in [0.4, 0.5) is 5.82 Å². The van der Waals surface area contributed by atoms with Gasteiger partial charge in [0.1, 0.15) is 5.82 Å². The Kier molecular flexibility index (Phi) is 7.33. The maximum atomic E-state index is 11.5. The van der Waals surface area contributed by atoms with Gasteiger partial charge in [-0.3, -0.25) is 4.79 Å². The number of halogens is 1. The van der Waals surface area contributed by atoms with E-state index in [2.05, 4.69) is 50.7 Å². The molecule has 0 saturated heterocycles. The second-order valence-corrected chi connectivity index (χ2v) is 8.21. The lowest BCUT2D eigenvalue weighted by molar-refractivity contribution is -0.118. The fourth-order valence-corrected chi connectivity index (χ4v) is 3.65. The van der Waals surface area contributed by atoms with Crippen molar-refractivity contribution in [2.45, 2.75) is 19.8 Å². The Morgan fingerprint density at radius 1 is 1.25 bits per heavy atom. The average Bonchev–Trinajstić information content (AvgIpc) is 3.06. The summed E-state index contributed by atoms with van der Waals surface area (Å²) < 4.78 is 2.68. The molecule has 3 rings (SSSR count). The first-order chi connectivity index (χ1) is 13.6. The Bertz CT molecular complexity index is 959. The Morgan fingerprint density at radius 3 is 2.82 bits per heavy atom. The minimum Gasteiger partial charge on any atom is -0.370 e. The molecule has 0 spiro atoms. The van der Waals surface area contributed by atoms with E-state index in [0.29, 0.717) is 12.3 Å². The summed E-state index contributed by atoms with van der Waals surface area (Å²) in [6.45, 7) is 3.59. The first-order valence-corrected chi connectivity index (χ1v) is 11.4. The Hall–Kier alpha value is -2.06. The number of nitrogens with zero attached hydrogens (tertiary/aromatic N) is 3. The van der Waals surface area contributed by atoms with E-state index in [4.69, 9.17) is 4.98 Å². The lowest BCUT2D eigenvalue weighted by Crippen LogP contribution is -2.26. The SMILES string of the molecule is CSCC(=O)NCCCCNc1cc(-c2ccccc2C)nc2c(Br)cnn12. The zero-order valence-corrected chi connectivity index (χ0v) is 18.4. The van der Waals surface area contributed by atoms with Crippen molar-refractivity contribution in [2.24, 2.45) is 0 Å². The van der Waals surface area contributed by atoms with Gasteiger partial charge in [0.25, 0.3) is 0 Å². The first-order valence-electron chi connectivity index (χ1n) is 9.20. The highest BCUT2D eigenvalue weighted by Crippen LogP contribution is 2.27. The number of benzene rings is 1. The number of aromatic nitrogens is 3. The minimum absolute atomic E-state index is 0.0977. The zero-order valence-electron chi connectivity index (χ0n) is 16.0. The molecular weight excluding hydrogens is 438 g/mol. The number of unbranched alkanes of at least 4 members (excludes halogenated alkanes) is 1. The fourth-order valence-electron chi connectivity index (χ4n) is 2.94. The van der Waals surface area contributed by atoms with Crippen molar-refractivity contribution >= 4 is 45.1 Å². The Morgan fingerprint density at radius 2 is 2.04 bits per heavy atom. The van der Waals surface area contributed by atoms with Gasteiger partial charge in [-0.2, -0.15) is 21.4 Å². The van der Waals surface area contributed by atoms with E-state index in [0.717, 1.165) is 46.6 Å². The van der Waals surface area contributed by atoms with Crippen molar-refractivity contribution in [2.75, 3.05) is 30.4 Å². The molecule has 2 heterocycles. The number of carbonyl (C=O) groups excluding carboxylic acids is 1. The minimum atomic E-state index is 0.0977. The van der Waals surface area contributed by atoms with Crippen LogP contribution in [0.3, 0.4) is 0 Å². The largest absolute Gasteiger partial charge is 0.370 e. The highest BCUT2D eigenvalue weighted by atomic mass is 79.9. The summed E-state index contributed by atoms with van der Waals surface area (Å²) in [7, 11) is 0. The predicted octanol–water partition coefficient (Wildman–Crippen LogP) is 4.14. The standard InChI is InChI=1S/C20H24BrN5OS/c1-14-7-3-4-8-15(14)17-11-18(26-20(25-17)16(21)12-24-26)22-9-5-6-10-23-19(27)13-28-2/h3-4,7-8,11-12,22H,5-6,9-10,13H2,1-2H3,(H,23,27). The van der Waals surface area contributed by atoms with E-state index in [1.807, 2.05) is 29.0 Å². The molecule has 0 saturated carbocycles. The number of hydrogen-bond acceptors (Lipinski definition) is 5. The van der Waals surface area contributed by atoms with Crippen LogP contribution in [0.1, 0.15) is 18.4 Å². The molecule has 3 aromatic rings. The molecule has 0 atom stereocenters. The molecule has 0 aliphatic carbocycles. The second kappa shape index (κ2) is 9.93. The molecule has 6 nitrogen and oxygen atoms in total. The van der Waals surface area contributed by atoms with Crippen molar-refractivity contribution in [3.8, 4) is 11.3 Å². The van der Waals surface area contributed by atoms with E-state index < -0.39 is 0 Å². The number of nitrogens with one attached hydrogen (secondary N) is 2. The summed E-state index contributed by atoms with van der Waals surface area (Å²) in [5, 5.41) is 10.8. The maximum Gasteiger partial charge on any atom is 0.229 e.